The SMILES string of the molecule is O=C(CCc1c[nH]cn1)NCCCCS. The Morgan fingerprint density at radius 1 is 1.53 bits per heavy atom. The summed E-state index contributed by atoms with van der Waals surface area (Å²) < 4.78 is 0. The monoisotopic (exact) mass is 227 g/mol. The van der Waals surface area contributed by atoms with Crippen molar-refractivity contribution in [3.8, 4) is 0 Å². The molecule has 0 aliphatic heterocycles. The summed E-state index contributed by atoms with van der Waals surface area (Å²) in [5.41, 5.74) is 0.931. The Kier molecular flexibility index (Phi) is 5.92. The van der Waals surface area contributed by atoms with Gasteiger partial charge < -0.3 is 10.3 Å². The van der Waals surface area contributed by atoms with Gasteiger partial charge in [0.15, 0.2) is 0 Å². The molecule has 0 saturated carbocycles. The number of carbonyl (C=O) groups excluding carboxylic acids is 1. The van der Waals surface area contributed by atoms with E-state index in [1.54, 1.807) is 6.33 Å². The summed E-state index contributed by atoms with van der Waals surface area (Å²) in [5, 5.41) is 2.87. The average molecular weight is 227 g/mol. The number of rotatable bonds is 7. The van der Waals surface area contributed by atoms with Crippen molar-refractivity contribution < 1.29 is 4.79 Å². The van der Waals surface area contributed by atoms with Gasteiger partial charge in [-0.05, 0) is 25.0 Å². The highest BCUT2D eigenvalue weighted by Gasteiger charge is 2.02. The average Bonchev–Trinajstić information content (AvgIpc) is 2.74. The summed E-state index contributed by atoms with van der Waals surface area (Å²) in [4.78, 5) is 18.2. The van der Waals surface area contributed by atoms with Gasteiger partial charge in [0.1, 0.15) is 0 Å². The number of H-pyrrole nitrogens is 1. The second kappa shape index (κ2) is 7.34. The van der Waals surface area contributed by atoms with Crippen molar-refractivity contribution in [3.05, 3.63) is 18.2 Å². The molecule has 0 saturated heterocycles. The van der Waals surface area contributed by atoms with Crippen molar-refractivity contribution >= 4 is 18.5 Å². The maximum atomic E-state index is 11.3. The molecule has 84 valence electrons. The van der Waals surface area contributed by atoms with Crippen molar-refractivity contribution in [2.45, 2.75) is 25.7 Å². The minimum absolute atomic E-state index is 0.0946. The molecule has 0 fully saturated rings. The number of hydrogen-bond donors (Lipinski definition) is 3. The van der Waals surface area contributed by atoms with Crippen molar-refractivity contribution in [1.29, 1.82) is 0 Å². The quantitative estimate of drug-likeness (QED) is 0.484. The normalized spacial score (nSPS) is 10.2. The van der Waals surface area contributed by atoms with Gasteiger partial charge in [-0.2, -0.15) is 12.6 Å². The van der Waals surface area contributed by atoms with E-state index in [9.17, 15) is 4.79 Å². The van der Waals surface area contributed by atoms with E-state index in [-0.39, 0.29) is 5.91 Å². The molecule has 1 rings (SSSR count). The van der Waals surface area contributed by atoms with Gasteiger partial charge in [0.25, 0.3) is 0 Å². The molecule has 1 heterocycles. The number of nitrogens with one attached hydrogen (secondary N) is 2. The summed E-state index contributed by atoms with van der Waals surface area (Å²) >= 11 is 4.10. The second-order valence-corrected chi connectivity index (χ2v) is 3.79. The molecule has 0 aromatic carbocycles. The van der Waals surface area contributed by atoms with E-state index in [0.29, 0.717) is 12.8 Å². The van der Waals surface area contributed by atoms with Crippen LogP contribution >= 0.6 is 12.6 Å². The minimum atomic E-state index is 0.0946. The molecular formula is C10H17N3OS. The van der Waals surface area contributed by atoms with Crippen LogP contribution in [0.1, 0.15) is 25.0 Å². The van der Waals surface area contributed by atoms with E-state index in [1.807, 2.05) is 6.20 Å². The van der Waals surface area contributed by atoms with Crippen molar-refractivity contribution in [1.82, 2.24) is 15.3 Å². The Balaban J connectivity index is 2.04. The van der Waals surface area contributed by atoms with Crippen LogP contribution in [0.15, 0.2) is 12.5 Å². The third-order valence-corrected chi connectivity index (χ3v) is 2.39. The summed E-state index contributed by atoms with van der Waals surface area (Å²) in [7, 11) is 0. The van der Waals surface area contributed by atoms with Crippen molar-refractivity contribution in [2.75, 3.05) is 12.3 Å². The maximum Gasteiger partial charge on any atom is 0.220 e. The highest BCUT2D eigenvalue weighted by atomic mass is 32.1. The number of amides is 1. The van der Waals surface area contributed by atoms with Crippen LogP contribution in [0.3, 0.4) is 0 Å². The molecule has 0 aliphatic carbocycles. The fourth-order valence-electron chi connectivity index (χ4n) is 1.22. The molecule has 0 unspecified atom stereocenters. The van der Waals surface area contributed by atoms with E-state index < -0.39 is 0 Å². The highest BCUT2D eigenvalue weighted by molar-refractivity contribution is 7.80. The predicted octanol–water partition coefficient (Wildman–Crippen LogP) is 1.17. The highest BCUT2D eigenvalue weighted by Crippen LogP contribution is 1.96. The number of nitrogens with zero attached hydrogens (tertiary/aromatic N) is 1. The van der Waals surface area contributed by atoms with Crippen molar-refractivity contribution in [2.24, 2.45) is 0 Å². The van der Waals surface area contributed by atoms with E-state index >= 15 is 0 Å². The second-order valence-electron chi connectivity index (χ2n) is 3.34. The number of imidazole rings is 1. The van der Waals surface area contributed by atoms with Gasteiger partial charge in [-0.3, -0.25) is 4.79 Å². The van der Waals surface area contributed by atoms with Gasteiger partial charge in [-0.1, -0.05) is 0 Å². The number of thiol groups is 1. The van der Waals surface area contributed by atoms with Crippen LogP contribution < -0.4 is 5.32 Å². The molecule has 1 aromatic rings. The molecule has 0 radical (unpaired) electrons. The van der Waals surface area contributed by atoms with Crippen molar-refractivity contribution in [3.63, 3.8) is 0 Å². The molecule has 4 nitrogen and oxygen atoms in total. The zero-order valence-corrected chi connectivity index (χ0v) is 9.59. The first-order valence-corrected chi connectivity index (χ1v) is 5.81. The lowest BCUT2D eigenvalue weighted by Crippen LogP contribution is -2.24. The Hall–Kier alpha value is -0.970. The zero-order valence-electron chi connectivity index (χ0n) is 8.70. The molecule has 15 heavy (non-hydrogen) atoms. The van der Waals surface area contributed by atoms with E-state index in [4.69, 9.17) is 0 Å². The maximum absolute atomic E-state index is 11.3. The number of aromatic nitrogens is 2. The Morgan fingerprint density at radius 2 is 2.40 bits per heavy atom. The summed E-state index contributed by atoms with van der Waals surface area (Å²) in [6.45, 7) is 0.750. The molecule has 1 aromatic heterocycles. The fourth-order valence-corrected chi connectivity index (χ4v) is 1.45. The number of aromatic amines is 1. The summed E-state index contributed by atoms with van der Waals surface area (Å²) in [6.07, 6.45) is 6.68. The molecule has 0 atom stereocenters. The zero-order chi connectivity index (χ0) is 10.9. The van der Waals surface area contributed by atoms with Gasteiger partial charge in [0.2, 0.25) is 5.91 Å². The van der Waals surface area contributed by atoms with E-state index in [2.05, 4.69) is 27.9 Å². The number of unbranched alkanes of at least 4 members (excludes halogenated alkanes) is 1. The third-order valence-electron chi connectivity index (χ3n) is 2.07. The largest absolute Gasteiger partial charge is 0.356 e. The smallest absolute Gasteiger partial charge is 0.220 e. The van der Waals surface area contributed by atoms with Crippen LogP contribution in [0.25, 0.3) is 0 Å². The molecule has 0 spiro atoms. The first-order chi connectivity index (χ1) is 7.33. The Labute approximate surface area is 95.3 Å². The lowest BCUT2D eigenvalue weighted by molar-refractivity contribution is -0.121. The van der Waals surface area contributed by atoms with Gasteiger partial charge in [0.05, 0.1) is 12.0 Å². The Morgan fingerprint density at radius 3 is 3.07 bits per heavy atom. The van der Waals surface area contributed by atoms with Crippen LogP contribution in [-0.2, 0) is 11.2 Å². The fraction of sp³-hybridized carbons (Fsp3) is 0.600. The number of carbonyl (C=O) groups is 1. The molecule has 0 bridgehead atoms. The first kappa shape index (κ1) is 12.1. The van der Waals surface area contributed by atoms with E-state index in [1.165, 1.54) is 0 Å². The van der Waals surface area contributed by atoms with Gasteiger partial charge in [0, 0.05) is 19.2 Å². The third kappa shape index (κ3) is 5.47. The lowest BCUT2D eigenvalue weighted by Gasteiger charge is -2.03. The first-order valence-electron chi connectivity index (χ1n) is 5.18. The summed E-state index contributed by atoms with van der Waals surface area (Å²) in [6, 6.07) is 0. The molecular weight excluding hydrogens is 210 g/mol. The van der Waals surface area contributed by atoms with Crippen LogP contribution in [-0.4, -0.2) is 28.2 Å². The van der Waals surface area contributed by atoms with Crippen LogP contribution in [0.4, 0.5) is 0 Å². The molecule has 2 N–H and O–H groups in total. The minimum Gasteiger partial charge on any atom is -0.356 e. The molecule has 0 aliphatic rings. The lowest BCUT2D eigenvalue weighted by atomic mass is 10.2. The standard InChI is InChI=1S/C10H17N3OS/c14-10(12-5-1-2-6-15)4-3-9-7-11-8-13-9/h7-8,15H,1-6H2,(H,11,13)(H,12,14). The van der Waals surface area contributed by atoms with Crippen LogP contribution in [0.5, 0.6) is 0 Å². The van der Waals surface area contributed by atoms with Gasteiger partial charge in [-0.15, -0.1) is 0 Å². The number of aryl methyl sites for hydroxylation is 1. The molecule has 1 amide bonds. The Bertz CT molecular complexity index is 274. The molecule has 5 heteroatoms. The van der Waals surface area contributed by atoms with Crippen LogP contribution in [0.2, 0.25) is 0 Å². The van der Waals surface area contributed by atoms with Gasteiger partial charge >= 0.3 is 0 Å². The number of hydrogen-bond acceptors (Lipinski definition) is 3. The summed E-state index contributed by atoms with van der Waals surface area (Å²) in [5.74, 6) is 0.973. The van der Waals surface area contributed by atoms with E-state index in [0.717, 1.165) is 30.8 Å². The topological polar surface area (TPSA) is 57.8 Å². The van der Waals surface area contributed by atoms with Gasteiger partial charge in [-0.25, -0.2) is 4.98 Å². The predicted molar refractivity (Wildman–Crippen MR) is 63.0 cm³/mol. The van der Waals surface area contributed by atoms with Crippen LogP contribution in [0, 0.1) is 0 Å².